The van der Waals surface area contributed by atoms with E-state index in [0.717, 1.165) is 6.42 Å². The van der Waals surface area contributed by atoms with Gasteiger partial charge in [0.15, 0.2) is 23.6 Å². The van der Waals surface area contributed by atoms with Crippen LogP contribution in [0.3, 0.4) is 0 Å². The average Bonchev–Trinajstić information content (AvgIpc) is 2.72. The van der Waals surface area contributed by atoms with Crippen molar-refractivity contribution in [3.8, 4) is 11.5 Å². The highest BCUT2D eigenvalue weighted by atomic mass is 16.7. The van der Waals surface area contributed by atoms with E-state index in [4.69, 9.17) is 18.9 Å². The zero-order valence-corrected chi connectivity index (χ0v) is 12.6. The summed E-state index contributed by atoms with van der Waals surface area (Å²) in [7, 11) is 0. The smallest absolute Gasteiger partial charge is 0.168 e. The van der Waals surface area contributed by atoms with E-state index in [1.807, 2.05) is 13.8 Å². The molecule has 0 amide bonds. The van der Waals surface area contributed by atoms with E-state index in [2.05, 4.69) is 0 Å². The van der Waals surface area contributed by atoms with Gasteiger partial charge in [-0.3, -0.25) is 4.79 Å². The monoisotopic (exact) mass is 294 g/mol. The van der Waals surface area contributed by atoms with Gasteiger partial charge in [0, 0.05) is 25.2 Å². The first-order valence-electron chi connectivity index (χ1n) is 7.40. The molecule has 0 unspecified atom stereocenters. The molecule has 21 heavy (non-hydrogen) atoms. The Labute approximate surface area is 125 Å². The lowest BCUT2D eigenvalue weighted by Crippen LogP contribution is -2.21. The van der Waals surface area contributed by atoms with E-state index in [1.54, 1.807) is 18.2 Å². The maximum atomic E-state index is 12.3. The van der Waals surface area contributed by atoms with Gasteiger partial charge in [-0.1, -0.05) is 0 Å². The Balaban J connectivity index is 2.06. The number of carbonyl (C=O) groups excluding carboxylic acids is 1. The molecule has 0 spiro atoms. The molecule has 2 rings (SSSR count). The van der Waals surface area contributed by atoms with Crippen molar-refractivity contribution in [3.63, 3.8) is 0 Å². The lowest BCUT2D eigenvalue weighted by molar-refractivity contribution is -0.133. The summed E-state index contributed by atoms with van der Waals surface area (Å²) in [5.74, 6) is 1.29. The van der Waals surface area contributed by atoms with Crippen LogP contribution in [0.2, 0.25) is 0 Å². The summed E-state index contributed by atoms with van der Waals surface area (Å²) in [4.78, 5) is 12.3. The van der Waals surface area contributed by atoms with Crippen LogP contribution in [0.15, 0.2) is 18.2 Å². The van der Waals surface area contributed by atoms with Gasteiger partial charge in [0.1, 0.15) is 0 Å². The van der Waals surface area contributed by atoms with E-state index in [-0.39, 0.29) is 12.2 Å². The largest absolute Gasteiger partial charge is 0.490 e. The zero-order valence-electron chi connectivity index (χ0n) is 12.6. The summed E-state index contributed by atoms with van der Waals surface area (Å²) in [6, 6.07) is 5.27. The third-order valence-corrected chi connectivity index (χ3v) is 3.13. The number of hydrogen-bond donors (Lipinski definition) is 0. The predicted octanol–water partition coefficient (Wildman–Crippen LogP) is 2.82. The normalized spacial score (nSPS) is 14.0. The molecule has 116 valence electrons. The lowest BCUT2D eigenvalue weighted by Gasteiger charge is -2.16. The Kier molecular flexibility index (Phi) is 6.02. The van der Waals surface area contributed by atoms with Gasteiger partial charge in [0.05, 0.1) is 19.6 Å². The first-order valence-corrected chi connectivity index (χ1v) is 7.40. The molecule has 1 aromatic carbocycles. The van der Waals surface area contributed by atoms with Crippen molar-refractivity contribution in [1.82, 2.24) is 0 Å². The van der Waals surface area contributed by atoms with Gasteiger partial charge in [-0.15, -0.1) is 0 Å². The van der Waals surface area contributed by atoms with Crippen LogP contribution in [0.25, 0.3) is 0 Å². The molecular formula is C16H22O5. The molecule has 5 nitrogen and oxygen atoms in total. The second kappa shape index (κ2) is 8.00. The predicted molar refractivity (Wildman–Crippen MR) is 78.0 cm³/mol. The topological polar surface area (TPSA) is 54.0 Å². The Hall–Kier alpha value is -1.59. The number of ether oxygens (including phenoxy) is 4. The van der Waals surface area contributed by atoms with Gasteiger partial charge in [0.25, 0.3) is 0 Å². The summed E-state index contributed by atoms with van der Waals surface area (Å²) < 4.78 is 22.0. The average molecular weight is 294 g/mol. The SMILES string of the molecule is CCOC(CC(=O)c1ccc2c(c1)OCCCO2)OCC. The van der Waals surface area contributed by atoms with E-state index in [9.17, 15) is 4.79 Å². The van der Waals surface area contributed by atoms with Crippen molar-refractivity contribution < 1.29 is 23.7 Å². The molecule has 0 N–H and O–H groups in total. The van der Waals surface area contributed by atoms with Gasteiger partial charge in [-0.05, 0) is 32.0 Å². The Morgan fingerprint density at radius 2 is 1.81 bits per heavy atom. The highest BCUT2D eigenvalue weighted by Gasteiger charge is 2.18. The number of benzene rings is 1. The number of Topliss-reactive ketones (excluding diaryl/α,β-unsaturated/α-hetero) is 1. The number of fused-ring (bicyclic) bond motifs is 1. The van der Waals surface area contributed by atoms with Crippen LogP contribution in [-0.4, -0.2) is 38.5 Å². The number of carbonyl (C=O) groups is 1. The summed E-state index contributed by atoms with van der Waals surface area (Å²) in [6.45, 7) is 6.02. The number of rotatable bonds is 7. The van der Waals surface area contributed by atoms with Gasteiger partial charge in [-0.2, -0.15) is 0 Å². The van der Waals surface area contributed by atoms with E-state index in [1.165, 1.54) is 0 Å². The molecule has 1 aromatic rings. The zero-order chi connectivity index (χ0) is 15.1. The molecular weight excluding hydrogens is 272 g/mol. The minimum absolute atomic E-state index is 0.0300. The summed E-state index contributed by atoms with van der Waals surface area (Å²) in [5, 5.41) is 0. The van der Waals surface area contributed by atoms with Crippen molar-refractivity contribution in [2.75, 3.05) is 26.4 Å². The molecule has 5 heteroatoms. The number of hydrogen-bond acceptors (Lipinski definition) is 5. The third-order valence-electron chi connectivity index (χ3n) is 3.13. The molecule has 0 aliphatic carbocycles. The van der Waals surface area contributed by atoms with Crippen LogP contribution >= 0.6 is 0 Å². The van der Waals surface area contributed by atoms with Crippen LogP contribution in [-0.2, 0) is 9.47 Å². The van der Waals surface area contributed by atoms with Crippen molar-refractivity contribution in [2.45, 2.75) is 33.0 Å². The molecule has 0 saturated carbocycles. The first-order chi connectivity index (χ1) is 10.2. The van der Waals surface area contributed by atoms with E-state index >= 15 is 0 Å². The molecule has 0 bridgehead atoms. The second-order valence-corrected chi connectivity index (χ2v) is 4.68. The highest BCUT2D eigenvalue weighted by molar-refractivity contribution is 5.96. The van der Waals surface area contributed by atoms with Crippen LogP contribution < -0.4 is 9.47 Å². The fourth-order valence-corrected chi connectivity index (χ4v) is 2.14. The van der Waals surface area contributed by atoms with Crippen molar-refractivity contribution in [3.05, 3.63) is 23.8 Å². The van der Waals surface area contributed by atoms with Crippen molar-refractivity contribution in [1.29, 1.82) is 0 Å². The van der Waals surface area contributed by atoms with Crippen molar-refractivity contribution in [2.24, 2.45) is 0 Å². The highest BCUT2D eigenvalue weighted by Crippen LogP contribution is 2.30. The Morgan fingerprint density at radius 3 is 2.48 bits per heavy atom. The molecule has 0 fully saturated rings. The summed E-state index contributed by atoms with van der Waals surface area (Å²) in [5.41, 5.74) is 0.587. The lowest BCUT2D eigenvalue weighted by atomic mass is 10.1. The van der Waals surface area contributed by atoms with Crippen LogP contribution in [0.4, 0.5) is 0 Å². The molecule has 0 radical (unpaired) electrons. The van der Waals surface area contributed by atoms with Crippen LogP contribution in [0.5, 0.6) is 11.5 Å². The van der Waals surface area contributed by atoms with E-state index < -0.39 is 6.29 Å². The maximum Gasteiger partial charge on any atom is 0.168 e. The van der Waals surface area contributed by atoms with Gasteiger partial charge in [0.2, 0.25) is 0 Å². The molecule has 0 atom stereocenters. The minimum atomic E-state index is -0.497. The van der Waals surface area contributed by atoms with Crippen LogP contribution in [0.1, 0.15) is 37.0 Å². The fourth-order valence-electron chi connectivity index (χ4n) is 2.14. The molecule has 0 saturated heterocycles. The van der Waals surface area contributed by atoms with Gasteiger partial charge in [-0.25, -0.2) is 0 Å². The molecule has 1 aliphatic heterocycles. The fraction of sp³-hybridized carbons (Fsp3) is 0.562. The van der Waals surface area contributed by atoms with Gasteiger partial charge >= 0.3 is 0 Å². The second-order valence-electron chi connectivity index (χ2n) is 4.68. The standard InChI is InChI=1S/C16H22O5/c1-3-18-16(19-4-2)11-13(17)12-6-7-14-15(10-12)21-9-5-8-20-14/h6-7,10,16H,3-5,8-9,11H2,1-2H3. The first kappa shape index (κ1) is 15.8. The molecule has 1 heterocycles. The third kappa shape index (κ3) is 4.44. The Bertz CT molecular complexity index is 466. The number of ketones is 1. The van der Waals surface area contributed by atoms with Gasteiger partial charge < -0.3 is 18.9 Å². The molecule has 1 aliphatic rings. The maximum absolute atomic E-state index is 12.3. The summed E-state index contributed by atoms with van der Waals surface area (Å²) >= 11 is 0. The van der Waals surface area contributed by atoms with Crippen molar-refractivity contribution >= 4 is 5.78 Å². The van der Waals surface area contributed by atoms with Crippen LogP contribution in [0, 0.1) is 0 Å². The quantitative estimate of drug-likeness (QED) is 0.572. The Morgan fingerprint density at radius 1 is 1.14 bits per heavy atom. The van der Waals surface area contributed by atoms with E-state index in [0.29, 0.717) is 43.5 Å². The minimum Gasteiger partial charge on any atom is -0.490 e. The molecule has 0 aromatic heterocycles. The summed E-state index contributed by atoms with van der Waals surface area (Å²) in [6.07, 6.45) is 0.541.